The van der Waals surface area contributed by atoms with Crippen molar-refractivity contribution in [2.75, 3.05) is 32.7 Å². The highest BCUT2D eigenvalue weighted by molar-refractivity contribution is 5.82. The molecule has 2 aliphatic rings. The van der Waals surface area contributed by atoms with Crippen molar-refractivity contribution in [3.05, 3.63) is 35.6 Å². The van der Waals surface area contributed by atoms with Gasteiger partial charge in [0.05, 0.1) is 12.1 Å². The number of rotatable bonds is 5. The molecule has 2 amide bonds. The number of piperazine rings is 1. The van der Waals surface area contributed by atoms with E-state index in [-0.39, 0.29) is 29.7 Å². The van der Waals surface area contributed by atoms with E-state index in [1.807, 2.05) is 6.92 Å². The fraction of sp³-hybridized carbons (Fsp3) is 0.600. The summed E-state index contributed by atoms with van der Waals surface area (Å²) in [4.78, 5) is 29.1. The standard InChI is InChI=1S/C20H29FN4O2/c1-15(19(26)23-14-16-5-7-17(21)8-6-16)24-10-12-25(13-11-24)18-4-2-3-9-22-20(18)27/h5-8,15,18H,2-4,9-14H2,1H3,(H,22,27)(H,23,26)/t15-,18+/m0/s1. The van der Waals surface area contributed by atoms with Gasteiger partial charge in [0, 0.05) is 39.3 Å². The lowest BCUT2D eigenvalue weighted by molar-refractivity contribution is -0.130. The number of nitrogens with zero attached hydrogens (tertiary/aromatic N) is 2. The van der Waals surface area contributed by atoms with Crippen molar-refractivity contribution in [3.63, 3.8) is 0 Å². The van der Waals surface area contributed by atoms with Crippen LogP contribution in [0.3, 0.4) is 0 Å². The van der Waals surface area contributed by atoms with Crippen molar-refractivity contribution >= 4 is 11.8 Å². The largest absolute Gasteiger partial charge is 0.355 e. The van der Waals surface area contributed by atoms with Crippen LogP contribution in [-0.4, -0.2) is 66.4 Å². The minimum Gasteiger partial charge on any atom is -0.355 e. The van der Waals surface area contributed by atoms with Crippen LogP contribution in [0.1, 0.15) is 31.7 Å². The van der Waals surface area contributed by atoms with Crippen LogP contribution >= 0.6 is 0 Å². The van der Waals surface area contributed by atoms with Gasteiger partial charge in [-0.3, -0.25) is 19.4 Å². The molecule has 0 radical (unpaired) electrons. The first-order chi connectivity index (χ1) is 13.0. The Hall–Kier alpha value is -1.99. The number of halogens is 1. The Bertz CT molecular complexity index is 644. The van der Waals surface area contributed by atoms with Crippen molar-refractivity contribution in [3.8, 4) is 0 Å². The number of carbonyl (C=O) groups excluding carboxylic acids is 2. The minimum absolute atomic E-state index is 0.0278. The van der Waals surface area contributed by atoms with Gasteiger partial charge in [0.25, 0.3) is 0 Å². The third kappa shape index (κ3) is 5.26. The van der Waals surface area contributed by atoms with E-state index < -0.39 is 0 Å². The van der Waals surface area contributed by atoms with Gasteiger partial charge in [-0.1, -0.05) is 12.1 Å². The lowest BCUT2D eigenvalue weighted by Crippen LogP contribution is -2.57. The molecule has 27 heavy (non-hydrogen) atoms. The van der Waals surface area contributed by atoms with E-state index in [1.165, 1.54) is 12.1 Å². The molecule has 3 rings (SSSR count). The smallest absolute Gasteiger partial charge is 0.237 e. The van der Waals surface area contributed by atoms with Gasteiger partial charge in [0.2, 0.25) is 11.8 Å². The first kappa shape index (κ1) is 19.8. The van der Waals surface area contributed by atoms with Crippen LogP contribution in [0.15, 0.2) is 24.3 Å². The molecule has 2 aliphatic heterocycles. The van der Waals surface area contributed by atoms with Crippen molar-refractivity contribution in [1.29, 1.82) is 0 Å². The molecule has 2 atom stereocenters. The number of carbonyl (C=O) groups is 2. The highest BCUT2D eigenvalue weighted by Gasteiger charge is 2.32. The minimum atomic E-state index is -0.279. The van der Waals surface area contributed by atoms with Crippen molar-refractivity contribution in [2.24, 2.45) is 0 Å². The fourth-order valence-corrected chi connectivity index (χ4v) is 3.81. The molecular formula is C20H29FN4O2. The summed E-state index contributed by atoms with van der Waals surface area (Å²) in [7, 11) is 0. The number of hydrogen-bond donors (Lipinski definition) is 2. The zero-order valence-corrected chi connectivity index (χ0v) is 15.9. The van der Waals surface area contributed by atoms with Crippen molar-refractivity contribution in [2.45, 2.75) is 44.8 Å². The molecule has 148 valence electrons. The predicted octanol–water partition coefficient (Wildman–Crippen LogP) is 1.12. The molecule has 0 bridgehead atoms. The number of hydrogen-bond acceptors (Lipinski definition) is 4. The molecule has 1 aromatic rings. The van der Waals surface area contributed by atoms with Gasteiger partial charge in [0.1, 0.15) is 5.82 Å². The molecule has 2 N–H and O–H groups in total. The lowest BCUT2D eigenvalue weighted by atomic mass is 10.1. The van der Waals surface area contributed by atoms with E-state index in [0.29, 0.717) is 6.54 Å². The Morgan fingerprint density at radius 3 is 2.63 bits per heavy atom. The maximum atomic E-state index is 12.9. The summed E-state index contributed by atoms with van der Waals surface area (Å²) in [6.07, 6.45) is 3.04. The molecule has 0 aromatic heterocycles. The number of benzene rings is 1. The van der Waals surface area contributed by atoms with Crippen LogP contribution in [0.5, 0.6) is 0 Å². The van der Waals surface area contributed by atoms with Crippen molar-refractivity contribution in [1.82, 2.24) is 20.4 Å². The van der Waals surface area contributed by atoms with Crippen LogP contribution in [0, 0.1) is 5.82 Å². The second kappa shape index (κ2) is 9.28. The number of amides is 2. The Morgan fingerprint density at radius 2 is 1.93 bits per heavy atom. The van der Waals surface area contributed by atoms with Gasteiger partial charge in [-0.05, 0) is 43.9 Å². The second-order valence-corrected chi connectivity index (χ2v) is 7.39. The molecule has 0 unspecified atom stereocenters. The summed E-state index contributed by atoms with van der Waals surface area (Å²) < 4.78 is 12.9. The van der Waals surface area contributed by atoms with Gasteiger partial charge < -0.3 is 10.6 Å². The van der Waals surface area contributed by atoms with E-state index in [4.69, 9.17) is 0 Å². The molecule has 0 aliphatic carbocycles. The molecule has 2 heterocycles. The molecule has 1 aromatic carbocycles. The molecule has 6 nitrogen and oxygen atoms in total. The number of nitrogens with one attached hydrogen (secondary N) is 2. The van der Waals surface area contributed by atoms with E-state index in [9.17, 15) is 14.0 Å². The highest BCUT2D eigenvalue weighted by Crippen LogP contribution is 2.16. The lowest BCUT2D eigenvalue weighted by Gasteiger charge is -2.40. The monoisotopic (exact) mass is 376 g/mol. The molecular weight excluding hydrogens is 347 g/mol. The molecule has 0 saturated carbocycles. The van der Waals surface area contributed by atoms with E-state index in [1.54, 1.807) is 12.1 Å². The summed E-state index contributed by atoms with van der Waals surface area (Å²) in [5.74, 6) is -0.162. The molecule has 2 fully saturated rings. The summed E-state index contributed by atoms with van der Waals surface area (Å²) in [5, 5.41) is 5.92. The average Bonchev–Trinajstić information content (AvgIpc) is 2.91. The molecule has 0 spiro atoms. The summed E-state index contributed by atoms with van der Waals surface area (Å²) >= 11 is 0. The zero-order chi connectivity index (χ0) is 19.2. The zero-order valence-electron chi connectivity index (χ0n) is 15.9. The van der Waals surface area contributed by atoms with Crippen LogP contribution in [0.25, 0.3) is 0 Å². The summed E-state index contributed by atoms with van der Waals surface area (Å²) in [6.45, 7) is 6.23. The van der Waals surface area contributed by atoms with Crippen LogP contribution in [-0.2, 0) is 16.1 Å². The van der Waals surface area contributed by atoms with E-state index in [2.05, 4.69) is 20.4 Å². The topological polar surface area (TPSA) is 64.7 Å². The summed E-state index contributed by atoms with van der Waals surface area (Å²) in [6, 6.07) is 5.89. The maximum absolute atomic E-state index is 12.9. The third-order valence-electron chi connectivity index (χ3n) is 5.60. The third-order valence-corrected chi connectivity index (χ3v) is 5.60. The Morgan fingerprint density at radius 1 is 1.22 bits per heavy atom. The Labute approximate surface area is 160 Å². The molecule has 2 saturated heterocycles. The van der Waals surface area contributed by atoms with Crippen LogP contribution in [0.2, 0.25) is 0 Å². The van der Waals surface area contributed by atoms with Gasteiger partial charge in [-0.15, -0.1) is 0 Å². The fourth-order valence-electron chi connectivity index (χ4n) is 3.81. The van der Waals surface area contributed by atoms with Crippen molar-refractivity contribution < 1.29 is 14.0 Å². The predicted molar refractivity (Wildman–Crippen MR) is 102 cm³/mol. The summed E-state index contributed by atoms with van der Waals surface area (Å²) in [5.41, 5.74) is 0.876. The quantitative estimate of drug-likeness (QED) is 0.808. The van der Waals surface area contributed by atoms with Crippen LogP contribution < -0.4 is 10.6 Å². The SMILES string of the molecule is C[C@@H](C(=O)NCc1ccc(F)cc1)N1CCN([C@@H]2CCCCNC2=O)CC1. The van der Waals surface area contributed by atoms with Gasteiger partial charge in [-0.2, -0.15) is 0 Å². The average molecular weight is 376 g/mol. The second-order valence-electron chi connectivity index (χ2n) is 7.39. The van der Waals surface area contributed by atoms with Gasteiger partial charge in [-0.25, -0.2) is 4.39 Å². The normalized spacial score (nSPS) is 23.3. The Kier molecular flexibility index (Phi) is 6.79. The van der Waals surface area contributed by atoms with Gasteiger partial charge >= 0.3 is 0 Å². The Balaban J connectivity index is 1.45. The van der Waals surface area contributed by atoms with E-state index >= 15 is 0 Å². The maximum Gasteiger partial charge on any atom is 0.237 e. The molecule has 7 heteroatoms. The first-order valence-corrected chi connectivity index (χ1v) is 9.82. The first-order valence-electron chi connectivity index (χ1n) is 9.82. The van der Waals surface area contributed by atoms with E-state index in [0.717, 1.165) is 57.5 Å². The van der Waals surface area contributed by atoms with Gasteiger partial charge in [0.15, 0.2) is 0 Å². The van der Waals surface area contributed by atoms with Crippen LogP contribution in [0.4, 0.5) is 4.39 Å². The highest BCUT2D eigenvalue weighted by atomic mass is 19.1.